The molecule has 0 bridgehead atoms. The average Bonchev–Trinajstić information content (AvgIpc) is 3.43. The Labute approximate surface area is 242 Å². The number of aliphatic hydroxyl groups excluding tert-OH is 1. The predicted molar refractivity (Wildman–Crippen MR) is 153 cm³/mol. The quantitative estimate of drug-likeness (QED) is 0.0818. The number of hydrogen-bond acceptors (Lipinski definition) is 9. The molecule has 1 rings (SSSR count). The van der Waals surface area contributed by atoms with E-state index in [1.807, 2.05) is 6.92 Å². The number of amides is 4. The monoisotopic (exact) mass is 585 g/mol. The fourth-order valence-electron chi connectivity index (χ4n) is 4.74. The van der Waals surface area contributed by atoms with Crippen LogP contribution in [0.25, 0.3) is 0 Å². The van der Waals surface area contributed by atoms with Crippen molar-refractivity contribution in [1.82, 2.24) is 20.9 Å². The van der Waals surface area contributed by atoms with E-state index in [0.717, 1.165) is 0 Å². The van der Waals surface area contributed by atoms with Crippen LogP contribution in [0.4, 0.5) is 0 Å². The van der Waals surface area contributed by atoms with Crippen molar-refractivity contribution in [2.45, 2.75) is 115 Å². The van der Waals surface area contributed by atoms with Gasteiger partial charge in [0.2, 0.25) is 23.6 Å². The number of unbranched alkanes of at least 4 members (excludes halogenated alkanes) is 2. The number of likely N-dealkylation sites (tertiary alicyclic amines) is 1. The normalized spacial score (nSPS) is 19.4. The molecule has 0 aliphatic carbocycles. The second-order valence-electron chi connectivity index (χ2n) is 10.9. The van der Waals surface area contributed by atoms with E-state index in [2.05, 4.69) is 16.0 Å². The molecular weight excluding hydrogens is 534 g/mol. The maximum Gasteiger partial charge on any atom is 0.326 e. The minimum Gasteiger partial charge on any atom is -0.480 e. The summed E-state index contributed by atoms with van der Waals surface area (Å²) in [5.41, 5.74) is 17.0. The van der Waals surface area contributed by atoms with E-state index in [1.165, 1.54) is 11.8 Å². The summed E-state index contributed by atoms with van der Waals surface area (Å²) in [6.07, 6.45) is 3.15. The first-order valence-electron chi connectivity index (χ1n) is 14.7. The maximum atomic E-state index is 13.4. The van der Waals surface area contributed by atoms with Gasteiger partial charge in [0.05, 0.1) is 12.1 Å². The predicted octanol–water partition coefficient (Wildman–Crippen LogP) is -1.47. The highest BCUT2D eigenvalue weighted by atomic mass is 16.4. The molecule has 14 nitrogen and oxygen atoms in total. The van der Waals surface area contributed by atoms with Crippen molar-refractivity contribution in [1.29, 1.82) is 0 Å². The Morgan fingerprint density at radius 2 is 1.49 bits per heavy atom. The molecule has 1 heterocycles. The number of nitrogens with one attached hydrogen (secondary N) is 3. The summed E-state index contributed by atoms with van der Waals surface area (Å²) in [7, 11) is 0. The van der Waals surface area contributed by atoms with Gasteiger partial charge in [-0.25, -0.2) is 4.79 Å². The first-order valence-corrected chi connectivity index (χ1v) is 14.7. The smallest absolute Gasteiger partial charge is 0.326 e. The van der Waals surface area contributed by atoms with Gasteiger partial charge in [-0.2, -0.15) is 0 Å². The van der Waals surface area contributed by atoms with Crippen LogP contribution in [0.5, 0.6) is 0 Å². The van der Waals surface area contributed by atoms with E-state index < -0.39 is 65.9 Å². The molecule has 11 N–H and O–H groups in total. The van der Waals surface area contributed by atoms with E-state index in [0.29, 0.717) is 64.5 Å². The molecule has 4 amide bonds. The summed E-state index contributed by atoms with van der Waals surface area (Å²) in [6, 6.07) is -5.29. The zero-order valence-electron chi connectivity index (χ0n) is 24.6. The van der Waals surface area contributed by atoms with E-state index in [-0.39, 0.29) is 18.9 Å². The Bertz CT molecular complexity index is 873. The summed E-state index contributed by atoms with van der Waals surface area (Å²) in [4.78, 5) is 65.6. The van der Waals surface area contributed by atoms with E-state index >= 15 is 0 Å². The van der Waals surface area contributed by atoms with Gasteiger partial charge in [-0.1, -0.05) is 26.7 Å². The number of carboxylic acid groups (broad SMARTS) is 1. The highest BCUT2D eigenvalue weighted by Gasteiger charge is 2.40. The molecule has 1 aliphatic heterocycles. The van der Waals surface area contributed by atoms with Crippen LogP contribution < -0.4 is 33.2 Å². The van der Waals surface area contributed by atoms with E-state index in [4.69, 9.17) is 17.2 Å². The summed E-state index contributed by atoms with van der Waals surface area (Å²) in [5, 5.41) is 27.7. The number of nitrogens with two attached hydrogens (primary N) is 3. The molecule has 0 radical (unpaired) electrons. The molecule has 0 aromatic rings. The molecule has 236 valence electrons. The van der Waals surface area contributed by atoms with Crippen LogP contribution in [0.2, 0.25) is 0 Å². The molecule has 0 spiro atoms. The first kappa shape index (κ1) is 36.2. The fourth-order valence-corrected chi connectivity index (χ4v) is 4.74. The zero-order valence-corrected chi connectivity index (χ0v) is 24.6. The van der Waals surface area contributed by atoms with Gasteiger partial charge in [0.15, 0.2) is 0 Å². The van der Waals surface area contributed by atoms with Crippen molar-refractivity contribution in [3.05, 3.63) is 0 Å². The van der Waals surface area contributed by atoms with Crippen LogP contribution in [0.3, 0.4) is 0 Å². The Morgan fingerprint density at radius 3 is 2.02 bits per heavy atom. The third kappa shape index (κ3) is 11.5. The van der Waals surface area contributed by atoms with Crippen LogP contribution in [-0.4, -0.2) is 101 Å². The van der Waals surface area contributed by atoms with Crippen molar-refractivity contribution in [3.8, 4) is 0 Å². The number of rotatable bonds is 19. The maximum absolute atomic E-state index is 13.4. The second-order valence-corrected chi connectivity index (χ2v) is 10.9. The average molecular weight is 586 g/mol. The summed E-state index contributed by atoms with van der Waals surface area (Å²) in [6.45, 7) is 5.97. The number of hydrogen-bond donors (Lipinski definition) is 8. The van der Waals surface area contributed by atoms with E-state index in [9.17, 15) is 34.2 Å². The molecular formula is C27H51N7O7. The van der Waals surface area contributed by atoms with Gasteiger partial charge in [0, 0.05) is 6.54 Å². The molecule has 7 atom stereocenters. The minimum absolute atomic E-state index is 0.220. The van der Waals surface area contributed by atoms with Crippen molar-refractivity contribution in [2.75, 3.05) is 19.6 Å². The lowest BCUT2D eigenvalue weighted by Crippen LogP contribution is -2.60. The van der Waals surface area contributed by atoms with Gasteiger partial charge in [0.25, 0.3) is 0 Å². The lowest BCUT2D eigenvalue weighted by Gasteiger charge is -2.31. The molecule has 0 saturated carbocycles. The Balaban J connectivity index is 3.02. The van der Waals surface area contributed by atoms with Crippen LogP contribution >= 0.6 is 0 Å². The number of carboxylic acids is 1. The lowest BCUT2D eigenvalue weighted by molar-refractivity contribution is -0.145. The molecule has 41 heavy (non-hydrogen) atoms. The highest BCUT2D eigenvalue weighted by Crippen LogP contribution is 2.20. The SMILES string of the molecule is CC[C@H](C)[C@H](NC(=O)[C@H](CCCCN)NC(=O)[C@@H]1CCCN1C(=O)[C@@H](NC(=O)[C@@H](N)CCCCN)[C@@H](C)O)C(=O)O. The third-order valence-electron chi connectivity index (χ3n) is 7.55. The van der Waals surface area contributed by atoms with Gasteiger partial charge in [-0.15, -0.1) is 0 Å². The van der Waals surface area contributed by atoms with Crippen molar-refractivity contribution >= 4 is 29.6 Å². The van der Waals surface area contributed by atoms with Crippen LogP contribution in [0.1, 0.15) is 78.6 Å². The molecule has 1 aliphatic rings. The lowest BCUT2D eigenvalue weighted by atomic mass is 9.98. The number of carbonyl (C=O) groups is 5. The third-order valence-corrected chi connectivity index (χ3v) is 7.55. The Hall–Kier alpha value is -2.81. The van der Waals surface area contributed by atoms with Gasteiger partial charge in [-0.3, -0.25) is 19.2 Å². The van der Waals surface area contributed by atoms with Gasteiger partial charge < -0.3 is 48.3 Å². The van der Waals surface area contributed by atoms with Gasteiger partial charge >= 0.3 is 5.97 Å². The topological polar surface area (TPSA) is 243 Å². The standard InChI is InChI=1S/C27H51N7O7/c1-4-16(2)21(27(40)41)32-24(37)19(11-6-8-14-29)31-25(38)20-12-9-15-34(20)26(39)22(17(3)35)33-23(36)18(30)10-5-7-13-28/h16-22,35H,4-15,28-30H2,1-3H3,(H,31,38)(H,32,37)(H,33,36)(H,40,41)/t16-,17+,18-,19-,20-,21-,22-/m0/s1. The molecule has 1 saturated heterocycles. The molecule has 1 fully saturated rings. The van der Waals surface area contributed by atoms with Crippen LogP contribution in [0, 0.1) is 5.92 Å². The number of carbonyl (C=O) groups excluding carboxylic acids is 4. The van der Waals surface area contributed by atoms with E-state index in [1.54, 1.807) is 6.92 Å². The molecule has 0 unspecified atom stereocenters. The fraction of sp³-hybridized carbons (Fsp3) is 0.815. The van der Waals surface area contributed by atoms with Crippen LogP contribution in [-0.2, 0) is 24.0 Å². The summed E-state index contributed by atoms with van der Waals surface area (Å²) < 4.78 is 0. The van der Waals surface area contributed by atoms with Gasteiger partial charge in [0.1, 0.15) is 24.2 Å². The molecule has 0 aromatic heterocycles. The first-order chi connectivity index (χ1) is 19.4. The van der Waals surface area contributed by atoms with Crippen molar-refractivity contribution < 1.29 is 34.2 Å². The summed E-state index contributed by atoms with van der Waals surface area (Å²) in [5.74, 6) is -3.93. The largest absolute Gasteiger partial charge is 0.480 e. The second kappa shape index (κ2) is 18.6. The van der Waals surface area contributed by atoms with Gasteiger partial charge in [-0.05, 0) is 70.9 Å². The summed E-state index contributed by atoms with van der Waals surface area (Å²) >= 11 is 0. The van der Waals surface area contributed by atoms with Crippen molar-refractivity contribution in [3.63, 3.8) is 0 Å². The Morgan fingerprint density at radius 1 is 0.902 bits per heavy atom. The highest BCUT2D eigenvalue weighted by molar-refractivity contribution is 5.96. The number of nitrogens with zero attached hydrogens (tertiary/aromatic N) is 1. The Kier molecular flexibility index (Phi) is 16.4. The number of aliphatic carboxylic acids is 1. The van der Waals surface area contributed by atoms with Crippen LogP contribution in [0.15, 0.2) is 0 Å². The molecule has 0 aromatic carbocycles. The zero-order chi connectivity index (χ0) is 31.1. The minimum atomic E-state index is -1.31. The van der Waals surface area contributed by atoms with Crippen molar-refractivity contribution in [2.24, 2.45) is 23.1 Å². The molecule has 14 heteroatoms. The number of aliphatic hydroxyl groups is 1.